The second-order valence-corrected chi connectivity index (χ2v) is 6.15. The number of nitro groups is 1. The second-order valence-electron chi connectivity index (χ2n) is 5.77. The quantitative estimate of drug-likeness (QED) is 0.345. The first-order valence-corrected chi connectivity index (χ1v) is 8.47. The molecular formula is C15H17F3N6O3S. The van der Waals surface area contributed by atoms with Gasteiger partial charge in [-0.1, -0.05) is 0 Å². The van der Waals surface area contributed by atoms with Crippen LogP contribution in [0, 0.1) is 14.9 Å². The highest BCUT2D eigenvalue weighted by Crippen LogP contribution is 2.34. The Balaban J connectivity index is 1.85. The minimum absolute atomic E-state index is 0.0167. The van der Waals surface area contributed by atoms with Crippen LogP contribution in [0.2, 0.25) is 0 Å². The zero-order valence-electron chi connectivity index (χ0n) is 14.7. The normalized spacial score (nSPS) is 11.3. The summed E-state index contributed by atoms with van der Waals surface area (Å²) in [4.78, 5) is 21.9. The van der Waals surface area contributed by atoms with E-state index in [4.69, 9.17) is 12.2 Å². The molecule has 9 nitrogen and oxygen atoms in total. The van der Waals surface area contributed by atoms with Gasteiger partial charge in [-0.15, -0.1) is 0 Å². The van der Waals surface area contributed by atoms with Gasteiger partial charge in [-0.3, -0.25) is 20.0 Å². The summed E-state index contributed by atoms with van der Waals surface area (Å²) in [6.45, 7) is 0.331. The number of alkyl halides is 3. The summed E-state index contributed by atoms with van der Waals surface area (Å²) in [7, 11) is 1.74. The van der Waals surface area contributed by atoms with Crippen LogP contribution in [0.5, 0.6) is 0 Å². The number of aromatic nitrogens is 3. The Hall–Kier alpha value is -2.96. The second kappa shape index (κ2) is 8.82. The van der Waals surface area contributed by atoms with E-state index in [0.717, 1.165) is 12.1 Å². The highest BCUT2D eigenvalue weighted by molar-refractivity contribution is 7.71. The number of anilines is 1. The molecule has 3 N–H and O–H groups in total. The average molecular weight is 418 g/mol. The number of nitro benzene ring substituents is 1. The molecule has 0 saturated carbocycles. The number of aromatic amines is 1. The van der Waals surface area contributed by atoms with Gasteiger partial charge in [0.05, 0.1) is 10.5 Å². The minimum atomic E-state index is -4.68. The SMILES string of the molecule is Cn1c(CCNC(=O)CCNc2ccc(C(F)(F)F)cc2[N+](=O)[O-])n[nH]c1=S. The highest BCUT2D eigenvalue weighted by Gasteiger charge is 2.33. The molecule has 0 radical (unpaired) electrons. The molecule has 1 amide bonds. The zero-order valence-corrected chi connectivity index (χ0v) is 15.5. The maximum absolute atomic E-state index is 12.7. The first-order valence-electron chi connectivity index (χ1n) is 8.06. The van der Waals surface area contributed by atoms with Gasteiger partial charge in [-0.05, 0) is 24.4 Å². The molecule has 2 rings (SSSR count). The fraction of sp³-hybridized carbons (Fsp3) is 0.400. The number of nitrogens with zero attached hydrogens (tertiary/aromatic N) is 3. The fourth-order valence-electron chi connectivity index (χ4n) is 2.32. The molecule has 152 valence electrons. The van der Waals surface area contributed by atoms with Crippen molar-refractivity contribution in [3.8, 4) is 0 Å². The molecule has 0 aliphatic heterocycles. The van der Waals surface area contributed by atoms with Gasteiger partial charge < -0.3 is 15.2 Å². The summed E-state index contributed by atoms with van der Waals surface area (Å²) in [6, 6.07) is 2.18. The van der Waals surface area contributed by atoms with Crippen molar-refractivity contribution in [2.75, 3.05) is 18.4 Å². The summed E-state index contributed by atoms with van der Waals surface area (Å²) in [5.74, 6) is 0.350. The maximum atomic E-state index is 12.7. The number of halogens is 3. The van der Waals surface area contributed by atoms with Crippen molar-refractivity contribution >= 4 is 29.5 Å². The van der Waals surface area contributed by atoms with Gasteiger partial charge in [-0.2, -0.15) is 18.3 Å². The Morgan fingerprint density at radius 2 is 2.11 bits per heavy atom. The number of carbonyl (C=O) groups excluding carboxylic acids is 1. The maximum Gasteiger partial charge on any atom is 0.416 e. The molecule has 2 aromatic rings. The molecule has 0 fully saturated rings. The lowest BCUT2D eigenvalue weighted by molar-refractivity contribution is -0.384. The van der Waals surface area contributed by atoms with Crippen molar-refractivity contribution in [1.29, 1.82) is 0 Å². The predicted molar refractivity (Wildman–Crippen MR) is 96.3 cm³/mol. The summed E-state index contributed by atoms with van der Waals surface area (Å²) in [5.41, 5.74) is -1.91. The van der Waals surface area contributed by atoms with Crippen molar-refractivity contribution in [3.05, 3.63) is 44.5 Å². The molecule has 0 bridgehead atoms. The summed E-state index contributed by atoms with van der Waals surface area (Å²) >= 11 is 4.98. The highest BCUT2D eigenvalue weighted by atomic mass is 32.1. The number of rotatable bonds is 8. The molecule has 0 aliphatic rings. The van der Waals surface area contributed by atoms with E-state index in [1.165, 1.54) is 0 Å². The van der Waals surface area contributed by atoms with Crippen LogP contribution < -0.4 is 10.6 Å². The van der Waals surface area contributed by atoms with E-state index in [1.54, 1.807) is 11.6 Å². The monoisotopic (exact) mass is 418 g/mol. The van der Waals surface area contributed by atoms with Crippen molar-refractivity contribution in [1.82, 2.24) is 20.1 Å². The predicted octanol–water partition coefficient (Wildman–Crippen LogP) is 2.57. The lowest BCUT2D eigenvalue weighted by Gasteiger charge is -2.10. The summed E-state index contributed by atoms with van der Waals surface area (Å²) in [6.07, 6.45) is -4.25. The molecule has 0 atom stereocenters. The lowest BCUT2D eigenvalue weighted by atomic mass is 10.1. The molecule has 0 saturated heterocycles. The van der Waals surface area contributed by atoms with E-state index in [-0.39, 0.29) is 24.6 Å². The van der Waals surface area contributed by atoms with Crippen molar-refractivity contribution in [2.45, 2.75) is 19.0 Å². The van der Waals surface area contributed by atoms with Crippen LogP contribution >= 0.6 is 12.2 Å². The van der Waals surface area contributed by atoms with Gasteiger partial charge in [0, 0.05) is 39.0 Å². The molecule has 0 unspecified atom stereocenters. The van der Waals surface area contributed by atoms with Crippen LogP contribution in [0.4, 0.5) is 24.5 Å². The number of amides is 1. The molecule has 1 aromatic carbocycles. The van der Waals surface area contributed by atoms with Gasteiger partial charge in [-0.25, -0.2) is 0 Å². The van der Waals surface area contributed by atoms with Crippen LogP contribution in [0.3, 0.4) is 0 Å². The zero-order chi connectivity index (χ0) is 20.9. The fourth-order valence-corrected chi connectivity index (χ4v) is 2.48. The largest absolute Gasteiger partial charge is 0.416 e. The van der Waals surface area contributed by atoms with Gasteiger partial charge in [0.15, 0.2) is 4.77 Å². The lowest BCUT2D eigenvalue weighted by Crippen LogP contribution is -2.28. The Morgan fingerprint density at radius 3 is 2.68 bits per heavy atom. The molecule has 0 aliphatic carbocycles. The standard InChI is InChI=1S/C15H17F3N6O3S/c1-23-12(21-22-14(23)28)4-6-20-13(25)5-7-19-10-3-2-9(15(16,17)18)8-11(10)24(26)27/h2-3,8,19H,4-7H2,1H3,(H,20,25)(H,22,28). The van der Waals surface area contributed by atoms with Crippen molar-refractivity contribution in [3.63, 3.8) is 0 Å². The van der Waals surface area contributed by atoms with Crippen molar-refractivity contribution in [2.24, 2.45) is 7.05 Å². The first kappa shape index (κ1) is 21.3. The summed E-state index contributed by atoms with van der Waals surface area (Å²) < 4.78 is 40.2. The van der Waals surface area contributed by atoms with Gasteiger partial charge >= 0.3 is 6.18 Å². The molecule has 1 heterocycles. The van der Waals surface area contributed by atoms with Crippen LogP contribution in [0.25, 0.3) is 0 Å². The van der Waals surface area contributed by atoms with E-state index >= 15 is 0 Å². The Morgan fingerprint density at radius 1 is 1.39 bits per heavy atom. The van der Waals surface area contributed by atoms with E-state index in [9.17, 15) is 28.1 Å². The Labute approximate surface area is 162 Å². The number of carbonyl (C=O) groups is 1. The number of hydrogen-bond acceptors (Lipinski definition) is 6. The van der Waals surface area contributed by atoms with Crippen LogP contribution in [-0.2, 0) is 24.4 Å². The number of nitrogens with one attached hydrogen (secondary N) is 3. The molecule has 0 spiro atoms. The van der Waals surface area contributed by atoms with Crippen molar-refractivity contribution < 1.29 is 22.9 Å². The van der Waals surface area contributed by atoms with Crippen LogP contribution in [0.15, 0.2) is 18.2 Å². The Bertz CT molecular complexity index is 924. The van der Waals surface area contributed by atoms with E-state index < -0.39 is 22.4 Å². The summed E-state index contributed by atoms with van der Waals surface area (Å²) in [5, 5.41) is 22.9. The van der Waals surface area contributed by atoms with Crippen LogP contribution in [-0.4, -0.2) is 38.7 Å². The Kier molecular flexibility index (Phi) is 6.72. The van der Waals surface area contributed by atoms with E-state index in [2.05, 4.69) is 20.8 Å². The molecular weight excluding hydrogens is 401 g/mol. The molecule has 1 aromatic heterocycles. The van der Waals surface area contributed by atoms with E-state index in [0.29, 0.717) is 29.6 Å². The number of H-pyrrole nitrogens is 1. The first-order chi connectivity index (χ1) is 13.1. The minimum Gasteiger partial charge on any atom is -0.379 e. The number of hydrogen-bond donors (Lipinski definition) is 3. The average Bonchev–Trinajstić information content (AvgIpc) is 2.93. The topological polar surface area (TPSA) is 118 Å². The van der Waals surface area contributed by atoms with Crippen LogP contribution in [0.1, 0.15) is 17.8 Å². The smallest absolute Gasteiger partial charge is 0.379 e. The van der Waals surface area contributed by atoms with Gasteiger partial charge in [0.2, 0.25) is 5.91 Å². The van der Waals surface area contributed by atoms with E-state index in [1.807, 2.05) is 0 Å². The third-order valence-electron chi connectivity index (χ3n) is 3.83. The molecule has 28 heavy (non-hydrogen) atoms. The van der Waals surface area contributed by atoms with Gasteiger partial charge in [0.25, 0.3) is 5.69 Å². The number of benzene rings is 1. The third kappa shape index (κ3) is 5.52. The van der Waals surface area contributed by atoms with Gasteiger partial charge in [0.1, 0.15) is 11.5 Å². The molecule has 13 heteroatoms. The third-order valence-corrected chi connectivity index (χ3v) is 4.20.